The molecule has 1 saturated heterocycles. The Hall–Kier alpha value is -2.12. The van der Waals surface area contributed by atoms with Crippen LogP contribution in [0.15, 0.2) is 0 Å². The molecule has 116 valence electrons. The molecule has 1 atom stereocenters. The number of carbonyl (C=O) groups is 1. The molecular formula is C13H20N4O4. The number of nitro groups is 1. The monoisotopic (exact) mass is 296 g/mol. The maximum absolute atomic E-state index is 11.5. The molecule has 1 unspecified atom stereocenters. The standard InChI is InChI=1S/C13H20N4O4/c1-3-7-16-12(11(17(20)21)9(2)14-16)15-8-5-4-6-10(15)13(18)19/h10H,3-8H2,1-2H3,(H,18,19). The summed E-state index contributed by atoms with van der Waals surface area (Å²) < 4.78 is 1.58. The van der Waals surface area contributed by atoms with Crippen molar-refractivity contribution < 1.29 is 14.8 Å². The number of hydrogen-bond acceptors (Lipinski definition) is 5. The number of aryl methyl sites for hydroxylation is 2. The zero-order valence-electron chi connectivity index (χ0n) is 12.3. The number of piperidine rings is 1. The van der Waals surface area contributed by atoms with Crippen LogP contribution in [-0.2, 0) is 11.3 Å². The van der Waals surface area contributed by atoms with Gasteiger partial charge in [0.15, 0.2) is 0 Å². The summed E-state index contributed by atoms with van der Waals surface area (Å²) in [4.78, 5) is 24.0. The van der Waals surface area contributed by atoms with Crippen LogP contribution in [0.25, 0.3) is 0 Å². The normalized spacial score (nSPS) is 18.8. The van der Waals surface area contributed by atoms with Gasteiger partial charge in [0, 0.05) is 13.1 Å². The van der Waals surface area contributed by atoms with E-state index in [-0.39, 0.29) is 5.69 Å². The molecule has 2 heterocycles. The molecule has 8 heteroatoms. The summed E-state index contributed by atoms with van der Waals surface area (Å²) in [5, 5.41) is 25.0. The maximum atomic E-state index is 11.5. The van der Waals surface area contributed by atoms with Gasteiger partial charge in [-0.2, -0.15) is 5.10 Å². The van der Waals surface area contributed by atoms with Gasteiger partial charge in [-0.15, -0.1) is 0 Å². The van der Waals surface area contributed by atoms with Gasteiger partial charge in [-0.25, -0.2) is 9.48 Å². The first-order chi connectivity index (χ1) is 9.97. The van der Waals surface area contributed by atoms with Crippen LogP contribution < -0.4 is 4.90 Å². The second-order valence-corrected chi connectivity index (χ2v) is 5.28. The lowest BCUT2D eigenvalue weighted by Crippen LogP contribution is -2.46. The third-order valence-corrected chi connectivity index (χ3v) is 3.75. The molecule has 0 amide bonds. The molecule has 0 radical (unpaired) electrons. The van der Waals surface area contributed by atoms with E-state index in [1.165, 1.54) is 0 Å². The Morgan fingerprint density at radius 1 is 1.52 bits per heavy atom. The quantitative estimate of drug-likeness (QED) is 0.658. The summed E-state index contributed by atoms with van der Waals surface area (Å²) in [6.45, 7) is 4.59. The van der Waals surface area contributed by atoms with Gasteiger partial charge in [0.25, 0.3) is 0 Å². The average Bonchev–Trinajstić information content (AvgIpc) is 2.75. The number of carboxylic acids is 1. The molecule has 8 nitrogen and oxygen atoms in total. The summed E-state index contributed by atoms with van der Waals surface area (Å²) in [7, 11) is 0. The summed E-state index contributed by atoms with van der Waals surface area (Å²) in [6, 6.07) is -0.718. The molecule has 0 spiro atoms. The molecule has 0 saturated carbocycles. The number of anilines is 1. The smallest absolute Gasteiger partial charge is 0.333 e. The number of hydrogen-bond donors (Lipinski definition) is 1. The molecule has 0 aromatic carbocycles. The van der Waals surface area contributed by atoms with Crippen molar-refractivity contribution in [1.29, 1.82) is 0 Å². The van der Waals surface area contributed by atoms with Crippen molar-refractivity contribution in [2.24, 2.45) is 0 Å². The first-order valence-corrected chi connectivity index (χ1v) is 7.18. The lowest BCUT2D eigenvalue weighted by molar-refractivity contribution is -0.384. The van der Waals surface area contributed by atoms with Gasteiger partial charge in [-0.3, -0.25) is 10.1 Å². The number of nitrogens with zero attached hydrogens (tertiary/aromatic N) is 4. The highest BCUT2D eigenvalue weighted by Gasteiger charge is 2.37. The van der Waals surface area contributed by atoms with E-state index in [9.17, 15) is 20.0 Å². The van der Waals surface area contributed by atoms with Crippen molar-refractivity contribution in [3.8, 4) is 0 Å². The molecule has 1 aromatic rings. The van der Waals surface area contributed by atoms with Crippen molar-refractivity contribution in [1.82, 2.24) is 9.78 Å². The molecule has 2 rings (SSSR count). The van der Waals surface area contributed by atoms with Gasteiger partial charge < -0.3 is 10.0 Å². The van der Waals surface area contributed by atoms with Gasteiger partial charge in [0.05, 0.1) is 4.92 Å². The summed E-state index contributed by atoms with van der Waals surface area (Å²) in [5.41, 5.74) is 0.259. The lowest BCUT2D eigenvalue weighted by atomic mass is 10.0. The van der Waals surface area contributed by atoms with E-state index >= 15 is 0 Å². The highest BCUT2D eigenvalue weighted by molar-refractivity contribution is 5.79. The Kier molecular flexibility index (Phi) is 4.44. The van der Waals surface area contributed by atoms with Crippen LogP contribution in [0.2, 0.25) is 0 Å². The van der Waals surface area contributed by atoms with Crippen molar-refractivity contribution in [2.45, 2.75) is 52.1 Å². The Morgan fingerprint density at radius 2 is 2.24 bits per heavy atom. The van der Waals surface area contributed by atoms with Crippen LogP contribution in [0.4, 0.5) is 11.5 Å². The molecule has 1 aliphatic heterocycles. The number of carboxylic acid groups (broad SMARTS) is 1. The van der Waals surface area contributed by atoms with Crippen LogP contribution >= 0.6 is 0 Å². The van der Waals surface area contributed by atoms with Gasteiger partial charge in [-0.1, -0.05) is 6.92 Å². The van der Waals surface area contributed by atoms with E-state index in [1.807, 2.05) is 6.92 Å². The predicted octanol–water partition coefficient (Wildman–Crippen LogP) is 1.95. The molecule has 0 bridgehead atoms. The van der Waals surface area contributed by atoms with Gasteiger partial charge in [-0.05, 0) is 32.6 Å². The Morgan fingerprint density at radius 3 is 2.81 bits per heavy atom. The largest absolute Gasteiger partial charge is 0.480 e. The minimum absolute atomic E-state index is 0.0726. The fraction of sp³-hybridized carbons (Fsp3) is 0.692. The SMILES string of the molecule is CCCn1nc(C)c([N+](=O)[O-])c1N1CCCCC1C(=O)O. The van der Waals surface area contributed by atoms with Gasteiger partial charge >= 0.3 is 11.7 Å². The first kappa shape index (κ1) is 15.3. The van der Waals surface area contributed by atoms with E-state index < -0.39 is 16.9 Å². The van der Waals surface area contributed by atoms with E-state index in [2.05, 4.69) is 5.10 Å². The van der Waals surface area contributed by atoms with Gasteiger partial charge in [0.1, 0.15) is 11.7 Å². The minimum atomic E-state index is -0.939. The van der Waals surface area contributed by atoms with E-state index in [1.54, 1.807) is 16.5 Å². The van der Waals surface area contributed by atoms with Gasteiger partial charge in [0.2, 0.25) is 5.82 Å². The maximum Gasteiger partial charge on any atom is 0.333 e. The molecule has 1 fully saturated rings. The molecule has 21 heavy (non-hydrogen) atoms. The number of aliphatic carboxylic acids is 1. The fourth-order valence-corrected chi connectivity index (χ4v) is 2.87. The topological polar surface area (TPSA) is 101 Å². The number of rotatable bonds is 5. The second kappa shape index (κ2) is 6.11. The van der Waals surface area contributed by atoms with E-state index in [4.69, 9.17) is 0 Å². The predicted molar refractivity (Wildman–Crippen MR) is 76.5 cm³/mol. The van der Waals surface area contributed by atoms with Crippen LogP contribution in [0, 0.1) is 17.0 Å². The first-order valence-electron chi connectivity index (χ1n) is 7.18. The summed E-state index contributed by atoms with van der Waals surface area (Å²) >= 11 is 0. The van der Waals surface area contributed by atoms with Crippen molar-refractivity contribution >= 4 is 17.5 Å². The van der Waals surface area contributed by atoms with Crippen LogP contribution in [0.5, 0.6) is 0 Å². The zero-order chi connectivity index (χ0) is 15.6. The third kappa shape index (κ3) is 2.84. The van der Waals surface area contributed by atoms with Crippen LogP contribution in [0.3, 0.4) is 0 Å². The van der Waals surface area contributed by atoms with Crippen molar-refractivity contribution in [3.63, 3.8) is 0 Å². The van der Waals surface area contributed by atoms with E-state index in [0.717, 1.165) is 19.3 Å². The molecule has 1 N–H and O–H groups in total. The van der Waals surface area contributed by atoms with E-state index in [0.29, 0.717) is 31.0 Å². The number of aromatic nitrogens is 2. The molecule has 0 aliphatic carbocycles. The lowest BCUT2D eigenvalue weighted by Gasteiger charge is -2.34. The molecule has 1 aromatic heterocycles. The fourth-order valence-electron chi connectivity index (χ4n) is 2.87. The summed E-state index contributed by atoms with van der Waals surface area (Å²) in [5.74, 6) is -0.600. The second-order valence-electron chi connectivity index (χ2n) is 5.28. The third-order valence-electron chi connectivity index (χ3n) is 3.75. The van der Waals surface area contributed by atoms with Crippen molar-refractivity contribution in [2.75, 3.05) is 11.4 Å². The van der Waals surface area contributed by atoms with Crippen LogP contribution in [-0.4, -0.2) is 38.4 Å². The van der Waals surface area contributed by atoms with Crippen molar-refractivity contribution in [3.05, 3.63) is 15.8 Å². The molecule has 1 aliphatic rings. The Balaban J connectivity index is 2.53. The Bertz CT molecular complexity index is 555. The van der Waals surface area contributed by atoms with Crippen LogP contribution in [0.1, 0.15) is 38.3 Å². The average molecular weight is 296 g/mol. The molecular weight excluding hydrogens is 276 g/mol. The minimum Gasteiger partial charge on any atom is -0.480 e. The summed E-state index contributed by atoms with van der Waals surface area (Å²) in [6.07, 6.45) is 2.93. The highest BCUT2D eigenvalue weighted by Crippen LogP contribution is 2.35. The zero-order valence-corrected chi connectivity index (χ0v) is 12.3. The highest BCUT2D eigenvalue weighted by atomic mass is 16.6. The Labute approximate surface area is 122 Å².